The van der Waals surface area contributed by atoms with Crippen LogP contribution in [-0.4, -0.2) is 5.60 Å². The molecule has 0 amide bonds. The summed E-state index contributed by atoms with van der Waals surface area (Å²) >= 11 is 0. The van der Waals surface area contributed by atoms with E-state index in [1.165, 1.54) is 28.7 Å². The minimum absolute atomic E-state index is 0.167. The lowest BCUT2D eigenvalue weighted by atomic mass is 9.78. The third-order valence-electron chi connectivity index (χ3n) is 9.73. The van der Waals surface area contributed by atoms with E-state index in [1.807, 2.05) is 18.2 Å². The van der Waals surface area contributed by atoms with Crippen LogP contribution in [0.25, 0.3) is 27.6 Å². The van der Waals surface area contributed by atoms with Crippen LogP contribution in [0.3, 0.4) is 0 Å². The standard InChI is InChI=1S/C45H39N3O/c1-47-44(33-46)39-31-43(49-45(32-39)29-9-4-10-30-45)28-17-34-15-22-40(23-16-34)48(41-24-18-37(19-25-41)35-11-5-2-6-12-35)42-26-20-38(21-27-42)36-13-7-3-8-14-36/h2,5-7,11-28,31H,3-4,8-10,29-30,32H2/b28-17+,44-39-. The molecule has 0 atom stereocenters. The molecule has 4 aromatic carbocycles. The van der Waals surface area contributed by atoms with E-state index in [4.69, 9.17) is 11.3 Å². The molecule has 0 saturated heterocycles. The van der Waals surface area contributed by atoms with Crippen molar-refractivity contribution in [3.63, 3.8) is 0 Å². The van der Waals surface area contributed by atoms with Gasteiger partial charge in [0.25, 0.3) is 5.70 Å². The molecule has 2 aliphatic carbocycles. The van der Waals surface area contributed by atoms with Gasteiger partial charge in [0.2, 0.25) is 0 Å². The van der Waals surface area contributed by atoms with Gasteiger partial charge < -0.3 is 9.64 Å². The topological polar surface area (TPSA) is 40.6 Å². The molecule has 0 unspecified atom stereocenters. The molecule has 1 aliphatic heterocycles. The van der Waals surface area contributed by atoms with Crippen molar-refractivity contribution in [2.75, 3.05) is 4.90 Å². The van der Waals surface area contributed by atoms with E-state index in [2.05, 4.69) is 137 Å². The van der Waals surface area contributed by atoms with Crippen molar-refractivity contribution in [3.05, 3.63) is 173 Å². The maximum Gasteiger partial charge on any atom is 0.265 e. The summed E-state index contributed by atoms with van der Waals surface area (Å²) in [7, 11) is 0. The molecule has 4 aromatic rings. The normalized spacial score (nSPS) is 17.8. The molecule has 1 saturated carbocycles. The molecular formula is C45H39N3O. The number of nitrogens with zero attached hydrogens (tertiary/aromatic N) is 3. The van der Waals surface area contributed by atoms with Crippen molar-refractivity contribution < 1.29 is 4.74 Å². The number of anilines is 3. The van der Waals surface area contributed by atoms with Crippen LogP contribution in [0, 0.1) is 17.9 Å². The molecule has 0 radical (unpaired) electrons. The van der Waals surface area contributed by atoms with Crippen molar-refractivity contribution in [1.82, 2.24) is 0 Å². The summed E-state index contributed by atoms with van der Waals surface area (Å²) in [4.78, 5) is 5.81. The van der Waals surface area contributed by atoms with Crippen LogP contribution >= 0.6 is 0 Å². The Morgan fingerprint density at radius 3 is 2.00 bits per heavy atom. The third kappa shape index (κ3) is 7.20. The highest BCUT2D eigenvalue weighted by Crippen LogP contribution is 2.43. The predicted molar refractivity (Wildman–Crippen MR) is 201 cm³/mol. The van der Waals surface area contributed by atoms with E-state index in [9.17, 15) is 5.26 Å². The average molecular weight is 638 g/mol. The highest BCUT2D eigenvalue weighted by Gasteiger charge is 2.38. The van der Waals surface area contributed by atoms with Crippen LogP contribution in [0.5, 0.6) is 0 Å². The molecular weight excluding hydrogens is 599 g/mol. The number of allylic oxidation sites excluding steroid dienone is 7. The summed E-state index contributed by atoms with van der Waals surface area (Å²) in [6, 6.07) is 38.7. The Hall–Kier alpha value is -5.84. The fourth-order valence-corrected chi connectivity index (χ4v) is 7.19. The van der Waals surface area contributed by atoms with Crippen LogP contribution in [-0.2, 0) is 4.74 Å². The molecule has 7 rings (SSSR count). The SMILES string of the molecule is [C-]#[N+]/C(C#N)=C1C=C(/C=C/c2ccc(N(c3ccc(C4=CCCC=C4)cc3)c3ccc(-c4ccccc4)cc3)cc2)OC2(CCCCC2)C/1. The lowest BCUT2D eigenvalue weighted by Gasteiger charge is -2.41. The zero-order valence-electron chi connectivity index (χ0n) is 27.7. The Labute approximate surface area is 290 Å². The Bertz CT molecular complexity index is 2010. The maximum absolute atomic E-state index is 9.61. The largest absolute Gasteiger partial charge is 0.487 e. The number of hydrogen-bond donors (Lipinski definition) is 0. The number of ether oxygens (including phenoxy) is 1. The van der Waals surface area contributed by atoms with Crippen molar-refractivity contribution in [1.29, 1.82) is 5.26 Å². The molecule has 1 fully saturated rings. The minimum atomic E-state index is -0.325. The second kappa shape index (κ2) is 14.5. The second-order valence-electron chi connectivity index (χ2n) is 13.0. The lowest BCUT2D eigenvalue weighted by molar-refractivity contribution is -0.0285. The quantitative estimate of drug-likeness (QED) is 0.150. The first-order valence-electron chi connectivity index (χ1n) is 17.3. The zero-order valence-corrected chi connectivity index (χ0v) is 27.7. The highest BCUT2D eigenvalue weighted by atomic mass is 16.5. The molecule has 4 nitrogen and oxygen atoms in total. The van der Waals surface area contributed by atoms with Gasteiger partial charge in [-0.3, -0.25) is 0 Å². The van der Waals surface area contributed by atoms with E-state index < -0.39 is 0 Å². The van der Waals surface area contributed by atoms with Gasteiger partial charge in [-0.2, -0.15) is 0 Å². The number of hydrogen-bond acceptors (Lipinski definition) is 3. The summed E-state index contributed by atoms with van der Waals surface area (Å²) in [5.74, 6) is 0.715. The maximum atomic E-state index is 9.61. The van der Waals surface area contributed by atoms with Gasteiger partial charge >= 0.3 is 0 Å². The van der Waals surface area contributed by atoms with Crippen LogP contribution in [0.1, 0.15) is 62.5 Å². The van der Waals surface area contributed by atoms with E-state index >= 15 is 0 Å². The average Bonchev–Trinajstić information content (AvgIpc) is 3.17. The first kappa shape index (κ1) is 31.7. The summed E-state index contributed by atoms with van der Waals surface area (Å²) < 4.78 is 6.59. The molecule has 4 heteroatoms. The summed E-state index contributed by atoms with van der Waals surface area (Å²) in [6.07, 6.45) is 20.8. The molecule has 0 N–H and O–H groups in total. The molecule has 240 valence electrons. The Morgan fingerprint density at radius 2 is 1.39 bits per heavy atom. The number of nitriles is 1. The monoisotopic (exact) mass is 637 g/mol. The van der Waals surface area contributed by atoms with Crippen LogP contribution in [0.2, 0.25) is 0 Å². The molecule has 49 heavy (non-hydrogen) atoms. The van der Waals surface area contributed by atoms with Crippen molar-refractivity contribution in [2.24, 2.45) is 0 Å². The van der Waals surface area contributed by atoms with E-state index in [-0.39, 0.29) is 11.3 Å². The first-order valence-corrected chi connectivity index (χ1v) is 17.3. The van der Waals surface area contributed by atoms with Gasteiger partial charge in [-0.15, -0.1) is 0 Å². The molecule has 0 aromatic heterocycles. The summed E-state index contributed by atoms with van der Waals surface area (Å²) in [6.45, 7) is 7.53. The van der Waals surface area contributed by atoms with E-state index in [0.29, 0.717) is 12.2 Å². The van der Waals surface area contributed by atoms with Crippen molar-refractivity contribution >= 4 is 28.7 Å². The van der Waals surface area contributed by atoms with Gasteiger partial charge in [0, 0.05) is 23.5 Å². The molecule has 0 bridgehead atoms. The van der Waals surface area contributed by atoms with Gasteiger partial charge in [0.1, 0.15) is 11.4 Å². The summed E-state index contributed by atoms with van der Waals surface area (Å²) in [5, 5.41) is 9.61. The van der Waals surface area contributed by atoms with Gasteiger partial charge in [0.05, 0.1) is 12.6 Å². The van der Waals surface area contributed by atoms with Crippen molar-refractivity contribution in [3.8, 4) is 17.2 Å². The molecule has 1 heterocycles. The van der Waals surface area contributed by atoms with Crippen LogP contribution in [0.15, 0.2) is 151 Å². The lowest BCUT2D eigenvalue weighted by Crippen LogP contribution is -2.37. The second-order valence-corrected chi connectivity index (χ2v) is 13.0. The fourth-order valence-electron chi connectivity index (χ4n) is 7.19. The van der Waals surface area contributed by atoms with E-state index in [1.54, 1.807) is 0 Å². The predicted octanol–water partition coefficient (Wildman–Crippen LogP) is 12.3. The molecule has 1 spiro atoms. The third-order valence-corrected chi connectivity index (χ3v) is 9.73. The van der Waals surface area contributed by atoms with Gasteiger partial charge in [-0.1, -0.05) is 97.5 Å². The van der Waals surface area contributed by atoms with Gasteiger partial charge in [-0.05, 0) is 120 Å². The first-order chi connectivity index (χ1) is 24.1. The van der Waals surface area contributed by atoms with Gasteiger partial charge in [-0.25, -0.2) is 10.1 Å². The van der Waals surface area contributed by atoms with E-state index in [0.717, 1.165) is 66.7 Å². The Balaban J connectivity index is 1.18. The van der Waals surface area contributed by atoms with Gasteiger partial charge in [0.15, 0.2) is 0 Å². The van der Waals surface area contributed by atoms with Crippen LogP contribution < -0.4 is 4.90 Å². The Kier molecular flexibility index (Phi) is 9.40. The number of rotatable bonds is 7. The molecule has 3 aliphatic rings. The smallest absolute Gasteiger partial charge is 0.265 e. The minimum Gasteiger partial charge on any atom is -0.487 e. The fraction of sp³-hybridized carbons (Fsp3) is 0.200. The highest BCUT2D eigenvalue weighted by molar-refractivity contribution is 5.81. The zero-order chi connectivity index (χ0) is 33.5. The summed E-state index contributed by atoms with van der Waals surface area (Å²) in [5.41, 5.74) is 9.78. The van der Waals surface area contributed by atoms with Crippen molar-refractivity contribution in [2.45, 2.75) is 57.0 Å². The van der Waals surface area contributed by atoms with Crippen LogP contribution in [0.4, 0.5) is 17.1 Å². The Morgan fingerprint density at radius 1 is 0.755 bits per heavy atom. The number of benzene rings is 4.